The maximum Gasteiger partial charge on any atom is 0.167 e. The molecule has 0 saturated heterocycles. The van der Waals surface area contributed by atoms with Crippen LogP contribution in [0, 0.1) is 5.41 Å². The lowest BCUT2D eigenvalue weighted by atomic mass is 9.70. The van der Waals surface area contributed by atoms with Crippen LogP contribution >= 0.6 is 0 Å². The number of carbonyl (C=O) groups is 2. The molecular weight excluding hydrogens is 374 g/mol. The van der Waals surface area contributed by atoms with Crippen LogP contribution in [0.5, 0.6) is 5.75 Å². The quantitative estimate of drug-likeness (QED) is 0.453. The first kappa shape index (κ1) is 18.9. The predicted octanol–water partition coefficient (Wildman–Crippen LogP) is 5.72. The van der Waals surface area contributed by atoms with Gasteiger partial charge in [0, 0.05) is 29.3 Å². The minimum absolute atomic E-state index is 0.00981. The molecule has 2 saturated carbocycles. The van der Waals surface area contributed by atoms with Gasteiger partial charge >= 0.3 is 0 Å². The van der Waals surface area contributed by atoms with Gasteiger partial charge in [-0.05, 0) is 48.1 Å². The zero-order valence-corrected chi connectivity index (χ0v) is 17.2. The van der Waals surface area contributed by atoms with E-state index >= 15 is 0 Å². The number of hydrogen-bond donors (Lipinski definition) is 1. The average molecular weight is 399 g/mol. The number of H-pyrrole nitrogens is 1. The minimum atomic E-state index is -0.0861. The SMILES string of the molecule is COc1ccc2[nH]c(-c3ccccc3)c(C=C3C(=O)CC4(CCCC4)CC3=O)c2c1. The van der Waals surface area contributed by atoms with Gasteiger partial charge in [-0.2, -0.15) is 0 Å². The number of aromatic nitrogens is 1. The molecule has 30 heavy (non-hydrogen) atoms. The highest BCUT2D eigenvalue weighted by Crippen LogP contribution is 2.48. The van der Waals surface area contributed by atoms with Gasteiger partial charge in [0.15, 0.2) is 11.6 Å². The Morgan fingerprint density at radius 2 is 1.67 bits per heavy atom. The first-order valence-electron chi connectivity index (χ1n) is 10.6. The van der Waals surface area contributed by atoms with E-state index in [1.54, 1.807) is 7.11 Å². The van der Waals surface area contributed by atoms with Crippen molar-refractivity contribution in [3.8, 4) is 17.0 Å². The Kier molecular flexibility index (Phi) is 4.58. The number of carbonyl (C=O) groups excluding carboxylic acids is 2. The van der Waals surface area contributed by atoms with Gasteiger partial charge in [0.05, 0.1) is 18.4 Å². The Morgan fingerprint density at radius 3 is 2.33 bits per heavy atom. The number of methoxy groups -OCH3 is 1. The van der Waals surface area contributed by atoms with Gasteiger partial charge in [0.25, 0.3) is 0 Å². The summed E-state index contributed by atoms with van der Waals surface area (Å²) in [5.74, 6) is 0.723. The van der Waals surface area contributed by atoms with Crippen molar-refractivity contribution in [2.45, 2.75) is 38.5 Å². The second-order valence-electron chi connectivity index (χ2n) is 8.66. The van der Waals surface area contributed by atoms with Gasteiger partial charge in [0.1, 0.15) is 5.75 Å². The highest BCUT2D eigenvalue weighted by atomic mass is 16.5. The van der Waals surface area contributed by atoms with Crippen molar-refractivity contribution < 1.29 is 14.3 Å². The van der Waals surface area contributed by atoms with Gasteiger partial charge < -0.3 is 9.72 Å². The molecular formula is C26H25NO3. The maximum absolute atomic E-state index is 13.1. The molecule has 2 fully saturated rings. The van der Waals surface area contributed by atoms with Crippen molar-refractivity contribution in [3.63, 3.8) is 0 Å². The topological polar surface area (TPSA) is 59.2 Å². The number of fused-ring (bicyclic) bond motifs is 1. The van der Waals surface area contributed by atoms with E-state index in [0.717, 1.165) is 59.2 Å². The Hall–Kier alpha value is -3.14. The van der Waals surface area contributed by atoms with Gasteiger partial charge in [-0.3, -0.25) is 9.59 Å². The zero-order chi connectivity index (χ0) is 20.7. The number of hydrogen-bond acceptors (Lipinski definition) is 3. The van der Waals surface area contributed by atoms with Gasteiger partial charge in [0.2, 0.25) is 0 Å². The number of allylic oxidation sites excluding steroid dienone is 1. The maximum atomic E-state index is 13.1. The summed E-state index contributed by atoms with van der Waals surface area (Å²) < 4.78 is 5.42. The fraction of sp³-hybridized carbons (Fsp3) is 0.308. The summed E-state index contributed by atoms with van der Waals surface area (Å²) >= 11 is 0. The Balaban J connectivity index is 1.65. The normalized spacial score (nSPS) is 18.4. The summed E-state index contributed by atoms with van der Waals surface area (Å²) in [6, 6.07) is 15.8. The minimum Gasteiger partial charge on any atom is -0.497 e. The van der Waals surface area contributed by atoms with Crippen LogP contribution in [-0.4, -0.2) is 23.7 Å². The molecule has 4 nitrogen and oxygen atoms in total. The second-order valence-corrected chi connectivity index (χ2v) is 8.66. The number of Topliss-reactive ketones (excluding diaryl/α,β-unsaturated/α-hetero) is 2. The molecule has 5 rings (SSSR count). The Labute approximate surface area is 175 Å². The number of aromatic amines is 1. The smallest absolute Gasteiger partial charge is 0.167 e. The highest BCUT2D eigenvalue weighted by Gasteiger charge is 2.43. The van der Waals surface area contributed by atoms with E-state index in [9.17, 15) is 9.59 Å². The van der Waals surface area contributed by atoms with E-state index in [4.69, 9.17) is 4.74 Å². The van der Waals surface area contributed by atoms with Crippen molar-refractivity contribution in [1.82, 2.24) is 4.98 Å². The van der Waals surface area contributed by atoms with Crippen LogP contribution in [0.15, 0.2) is 54.1 Å². The van der Waals surface area contributed by atoms with Crippen molar-refractivity contribution in [2.24, 2.45) is 5.41 Å². The average Bonchev–Trinajstić information content (AvgIpc) is 3.35. The molecule has 1 aromatic heterocycles. The fourth-order valence-corrected chi connectivity index (χ4v) is 5.17. The summed E-state index contributed by atoms with van der Waals surface area (Å²) in [6.45, 7) is 0. The lowest BCUT2D eigenvalue weighted by Crippen LogP contribution is -2.33. The Bertz CT molecular complexity index is 1140. The van der Waals surface area contributed by atoms with Crippen LogP contribution in [0.2, 0.25) is 0 Å². The summed E-state index contributed by atoms with van der Waals surface area (Å²) in [6.07, 6.45) is 7.05. The summed E-state index contributed by atoms with van der Waals surface area (Å²) in [5.41, 5.74) is 4.00. The van der Waals surface area contributed by atoms with E-state index in [2.05, 4.69) is 4.98 Å². The molecule has 0 bridgehead atoms. The van der Waals surface area contributed by atoms with Crippen molar-refractivity contribution in [3.05, 3.63) is 59.7 Å². The van der Waals surface area contributed by atoms with Crippen molar-refractivity contribution >= 4 is 28.5 Å². The molecule has 0 unspecified atom stereocenters. The number of nitrogens with one attached hydrogen (secondary N) is 1. The first-order valence-corrected chi connectivity index (χ1v) is 10.6. The van der Waals surface area contributed by atoms with E-state index in [1.165, 1.54) is 0 Å². The molecule has 152 valence electrons. The zero-order valence-electron chi connectivity index (χ0n) is 17.2. The van der Waals surface area contributed by atoms with E-state index in [1.807, 2.05) is 54.6 Å². The molecule has 1 heterocycles. The molecule has 0 radical (unpaired) electrons. The van der Waals surface area contributed by atoms with E-state index in [-0.39, 0.29) is 17.0 Å². The van der Waals surface area contributed by atoms with Crippen LogP contribution in [-0.2, 0) is 9.59 Å². The van der Waals surface area contributed by atoms with Gasteiger partial charge in [-0.1, -0.05) is 43.2 Å². The van der Waals surface area contributed by atoms with Crippen LogP contribution < -0.4 is 4.74 Å². The molecule has 4 heteroatoms. The summed E-state index contributed by atoms with van der Waals surface area (Å²) in [7, 11) is 1.64. The molecule has 0 amide bonds. The second kappa shape index (κ2) is 7.28. The van der Waals surface area contributed by atoms with Crippen molar-refractivity contribution in [1.29, 1.82) is 0 Å². The third-order valence-corrected chi connectivity index (χ3v) is 6.73. The first-order chi connectivity index (χ1) is 14.6. The predicted molar refractivity (Wildman–Crippen MR) is 118 cm³/mol. The monoisotopic (exact) mass is 399 g/mol. The highest BCUT2D eigenvalue weighted by molar-refractivity contribution is 6.26. The number of ketones is 2. The molecule has 2 aliphatic rings. The summed E-state index contributed by atoms with van der Waals surface area (Å²) in [4.78, 5) is 29.6. The molecule has 2 aliphatic carbocycles. The molecule has 2 aromatic carbocycles. The molecule has 3 aromatic rings. The molecule has 1 N–H and O–H groups in total. The molecule has 0 atom stereocenters. The van der Waals surface area contributed by atoms with Gasteiger partial charge in [-0.25, -0.2) is 0 Å². The van der Waals surface area contributed by atoms with Gasteiger partial charge in [-0.15, -0.1) is 0 Å². The number of rotatable bonds is 3. The largest absolute Gasteiger partial charge is 0.497 e. The molecule has 0 aliphatic heterocycles. The number of benzene rings is 2. The lowest BCUT2D eigenvalue weighted by molar-refractivity contribution is -0.128. The summed E-state index contributed by atoms with van der Waals surface area (Å²) in [5, 5.41) is 0.947. The lowest BCUT2D eigenvalue weighted by Gasteiger charge is -2.32. The molecule has 1 spiro atoms. The number of ether oxygens (including phenoxy) is 1. The van der Waals surface area contributed by atoms with Crippen LogP contribution in [0.25, 0.3) is 28.2 Å². The Morgan fingerprint density at radius 1 is 0.967 bits per heavy atom. The van der Waals surface area contributed by atoms with Crippen molar-refractivity contribution in [2.75, 3.05) is 7.11 Å². The van der Waals surface area contributed by atoms with Crippen LogP contribution in [0.1, 0.15) is 44.1 Å². The third kappa shape index (κ3) is 3.17. The van der Waals surface area contributed by atoms with Crippen LogP contribution in [0.3, 0.4) is 0 Å². The van der Waals surface area contributed by atoms with E-state index < -0.39 is 0 Å². The standard InChI is InChI=1S/C26H25NO3/c1-30-18-9-10-22-19(13-18)20(25(27-22)17-7-3-2-4-8-17)14-21-23(28)15-26(16-24(21)29)11-5-6-12-26/h2-4,7-10,13-14,27H,5-6,11-12,15-16H2,1H3. The van der Waals surface area contributed by atoms with Crippen LogP contribution in [0.4, 0.5) is 0 Å². The fourth-order valence-electron chi connectivity index (χ4n) is 5.17. The van der Waals surface area contributed by atoms with E-state index in [0.29, 0.717) is 18.4 Å². The third-order valence-electron chi connectivity index (χ3n) is 6.73.